The van der Waals surface area contributed by atoms with Crippen LogP contribution in [0.4, 0.5) is 5.69 Å². The van der Waals surface area contributed by atoms with Crippen LogP contribution in [0, 0.1) is 0 Å². The van der Waals surface area contributed by atoms with Gasteiger partial charge in [-0.15, -0.1) is 0 Å². The standard InChI is InChI=1S/C31H41ClN2O2S/c1-2-3-4-5-6-7-8-9-10-11-12-13-20-36-28-17-18-30(29(32)23-28)33-31(35)27-16-14-15-26(22-27)24-34-19-21-37-25-34/h14-19,21-23,25H,2-13,20,24H2,1H3/p+1. The summed E-state index contributed by atoms with van der Waals surface area (Å²) in [5, 5.41) is 5.44. The first kappa shape index (κ1) is 29.2. The molecule has 1 N–H and O–H groups in total. The molecule has 0 radical (unpaired) electrons. The molecule has 4 nitrogen and oxygen atoms in total. The van der Waals surface area contributed by atoms with Crippen molar-refractivity contribution in [1.29, 1.82) is 0 Å². The van der Waals surface area contributed by atoms with Gasteiger partial charge in [-0.1, -0.05) is 113 Å². The summed E-state index contributed by atoms with van der Waals surface area (Å²) in [5.74, 6) is 0.560. The number of aromatic nitrogens is 1. The van der Waals surface area contributed by atoms with Gasteiger partial charge in [0, 0.05) is 17.2 Å². The number of anilines is 1. The van der Waals surface area contributed by atoms with Crippen LogP contribution in [0.5, 0.6) is 5.75 Å². The summed E-state index contributed by atoms with van der Waals surface area (Å²) < 4.78 is 7.98. The number of carbonyl (C=O) groups is 1. The van der Waals surface area contributed by atoms with Gasteiger partial charge in [-0.05, 0) is 30.7 Å². The molecule has 0 aliphatic heterocycles. The lowest BCUT2D eigenvalue weighted by Gasteiger charge is -2.11. The van der Waals surface area contributed by atoms with E-state index in [0.29, 0.717) is 22.9 Å². The van der Waals surface area contributed by atoms with E-state index in [9.17, 15) is 4.79 Å². The summed E-state index contributed by atoms with van der Waals surface area (Å²) in [7, 11) is 0. The second-order valence-electron chi connectivity index (χ2n) is 9.73. The van der Waals surface area contributed by atoms with Gasteiger partial charge in [0.1, 0.15) is 5.75 Å². The predicted octanol–water partition coefficient (Wildman–Crippen LogP) is 9.07. The average molecular weight is 542 g/mol. The average Bonchev–Trinajstić information content (AvgIpc) is 3.41. The van der Waals surface area contributed by atoms with Crippen molar-refractivity contribution in [2.24, 2.45) is 0 Å². The van der Waals surface area contributed by atoms with E-state index in [1.54, 1.807) is 17.4 Å². The molecule has 1 amide bonds. The van der Waals surface area contributed by atoms with Crippen LogP contribution in [0.2, 0.25) is 5.02 Å². The van der Waals surface area contributed by atoms with Crippen LogP contribution < -0.4 is 14.6 Å². The van der Waals surface area contributed by atoms with Crippen LogP contribution in [0.3, 0.4) is 0 Å². The number of hydrogen-bond acceptors (Lipinski definition) is 3. The van der Waals surface area contributed by atoms with E-state index in [2.05, 4.69) is 16.8 Å². The molecular formula is C31H42ClN2O2S+. The van der Waals surface area contributed by atoms with Crippen molar-refractivity contribution in [1.82, 2.24) is 0 Å². The Morgan fingerprint density at radius 1 is 0.919 bits per heavy atom. The van der Waals surface area contributed by atoms with Crippen molar-refractivity contribution in [2.45, 2.75) is 90.5 Å². The number of hydrogen-bond donors (Lipinski definition) is 1. The highest BCUT2D eigenvalue weighted by atomic mass is 35.5. The first-order valence-corrected chi connectivity index (χ1v) is 15.2. The third-order valence-electron chi connectivity index (χ3n) is 6.54. The van der Waals surface area contributed by atoms with Crippen molar-refractivity contribution < 1.29 is 14.1 Å². The number of unbranched alkanes of at least 4 members (excludes halogenated alkanes) is 11. The summed E-state index contributed by atoms with van der Waals surface area (Å²) in [5.41, 5.74) is 4.32. The Morgan fingerprint density at radius 3 is 2.27 bits per heavy atom. The Labute approximate surface area is 232 Å². The first-order chi connectivity index (χ1) is 18.2. The van der Waals surface area contributed by atoms with Gasteiger partial charge in [0.25, 0.3) is 5.91 Å². The van der Waals surface area contributed by atoms with Crippen LogP contribution in [-0.4, -0.2) is 12.5 Å². The van der Waals surface area contributed by atoms with Gasteiger partial charge in [0.2, 0.25) is 5.51 Å². The van der Waals surface area contributed by atoms with Gasteiger partial charge in [-0.2, -0.15) is 4.57 Å². The molecule has 200 valence electrons. The number of carbonyl (C=O) groups excluding carboxylic acids is 1. The minimum atomic E-state index is -0.177. The zero-order valence-electron chi connectivity index (χ0n) is 22.2. The number of amides is 1. The minimum absolute atomic E-state index is 0.177. The van der Waals surface area contributed by atoms with Crippen molar-refractivity contribution >= 4 is 34.5 Å². The number of thiazole rings is 1. The Hall–Kier alpha value is -2.37. The monoisotopic (exact) mass is 541 g/mol. The van der Waals surface area contributed by atoms with Crippen LogP contribution in [0.15, 0.2) is 59.6 Å². The van der Waals surface area contributed by atoms with Gasteiger partial charge in [-0.3, -0.25) is 4.79 Å². The molecule has 6 heteroatoms. The molecular weight excluding hydrogens is 500 g/mol. The van der Waals surface area contributed by atoms with Crippen molar-refractivity contribution in [3.63, 3.8) is 0 Å². The maximum Gasteiger partial charge on any atom is 0.255 e. The molecule has 0 fully saturated rings. The fourth-order valence-electron chi connectivity index (χ4n) is 4.39. The number of halogens is 1. The molecule has 3 rings (SSSR count). The van der Waals surface area contributed by atoms with Crippen LogP contribution in [0.25, 0.3) is 0 Å². The molecule has 0 unspecified atom stereocenters. The normalized spacial score (nSPS) is 11.0. The van der Waals surface area contributed by atoms with E-state index in [1.165, 1.54) is 70.6 Å². The van der Waals surface area contributed by atoms with E-state index < -0.39 is 0 Å². The van der Waals surface area contributed by atoms with E-state index >= 15 is 0 Å². The molecule has 1 heterocycles. The maximum atomic E-state index is 12.8. The molecule has 0 bridgehead atoms. The van der Waals surface area contributed by atoms with Gasteiger partial charge < -0.3 is 10.1 Å². The molecule has 0 aliphatic rings. The lowest BCUT2D eigenvalue weighted by atomic mass is 10.1. The molecule has 37 heavy (non-hydrogen) atoms. The highest BCUT2D eigenvalue weighted by Crippen LogP contribution is 2.27. The zero-order chi connectivity index (χ0) is 26.1. The quantitative estimate of drug-likeness (QED) is 0.129. The number of rotatable bonds is 18. The molecule has 0 saturated carbocycles. The van der Waals surface area contributed by atoms with Crippen molar-refractivity contribution in [3.8, 4) is 5.75 Å². The zero-order valence-corrected chi connectivity index (χ0v) is 23.8. The molecule has 0 spiro atoms. The fourth-order valence-corrected chi connectivity index (χ4v) is 5.20. The number of nitrogens with one attached hydrogen (secondary N) is 1. The Bertz CT molecular complexity index is 1060. The third kappa shape index (κ3) is 11.3. The smallest absolute Gasteiger partial charge is 0.255 e. The Kier molecular flexibility index (Phi) is 13.6. The highest BCUT2D eigenvalue weighted by Gasteiger charge is 2.12. The molecule has 1 aromatic heterocycles. The van der Waals surface area contributed by atoms with Gasteiger partial charge in [0.05, 0.1) is 22.7 Å². The summed E-state index contributed by atoms with van der Waals surface area (Å²) in [6.07, 6.45) is 17.9. The van der Waals surface area contributed by atoms with E-state index in [1.807, 2.05) is 53.5 Å². The molecule has 3 aromatic rings. The van der Waals surface area contributed by atoms with E-state index in [4.69, 9.17) is 16.3 Å². The van der Waals surface area contributed by atoms with Crippen molar-refractivity contribution in [2.75, 3.05) is 11.9 Å². The van der Waals surface area contributed by atoms with Gasteiger partial charge in [0.15, 0.2) is 12.7 Å². The Morgan fingerprint density at radius 2 is 1.62 bits per heavy atom. The second kappa shape index (κ2) is 17.2. The largest absolute Gasteiger partial charge is 0.494 e. The number of benzene rings is 2. The number of nitrogens with zero attached hydrogens (tertiary/aromatic N) is 1. The van der Waals surface area contributed by atoms with Gasteiger partial charge in [-0.25, -0.2) is 0 Å². The molecule has 0 atom stereocenters. The highest BCUT2D eigenvalue weighted by molar-refractivity contribution is 7.07. The summed E-state index contributed by atoms with van der Waals surface area (Å²) in [6, 6.07) is 13.1. The number of ether oxygens (including phenoxy) is 1. The second-order valence-corrected chi connectivity index (χ2v) is 10.9. The first-order valence-electron chi connectivity index (χ1n) is 13.9. The van der Waals surface area contributed by atoms with E-state index in [0.717, 1.165) is 24.3 Å². The topological polar surface area (TPSA) is 42.2 Å². The summed E-state index contributed by atoms with van der Waals surface area (Å²) in [4.78, 5) is 12.8. The van der Waals surface area contributed by atoms with Gasteiger partial charge >= 0.3 is 0 Å². The van der Waals surface area contributed by atoms with Crippen LogP contribution >= 0.6 is 22.9 Å². The summed E-state index contributed by atoms with van der Waals surface area (Å²) in [6.45, 7) is 3.69. The van der Waals surface area contributed by atoms with Crippen LogP contribution in [-0.2, 0) is 6.54 Å². The van der Waals surface area contributed by atoms with E-state index in [-0.39, 0.29) is 5.91 Å². The minimum Gasteiger partial charge on any atom is -0.494 e. The third-order valence-corrected chi connectivity index (χ3v) is 7.52. The van der Waals surface area contributed by atoms with Crippen molar-refractivity contribution in [3.05, 3.63) is 75.7 Å². The van der Waals surface area contributed by atoms with Crippen LogP contribution in [0.1, 0.15) is 99.9 Å². The fraction of sp³-hybridized carbons (Fsp3) is 0.484. The SMILES string of the molecule is CCCCCCCCCCCCCCOc1ccc(NC(=O)c2cccc(C[n+]3ccsc3)c2)c(Cl)c1. The summed E-state index contributed by atoms with van der Waals surface area (Å²) >= 11 is 8.09. The Balaban J connectivity index is 1.31. The molecule has 0 saturated heterocycles. The maximum absolute atomic E-state index is 12.8. The lowest BCUT2D eigenvalue weighted by molar-refractivity contribution is -0.683. The molecule has 0 aliphatic carbocycles. The molecule has 2 aromatic carbocycles. The lowest BCUT2D eigenvalue weighted by Crippen LogP contribution is -2.30. The predicted molar refractivity (Wildman–Crippen MR) is 156 cm³/mol.